The van der Waals surface area contributed by atoms with E-state index in [0.29, 0.717) is 17.3 Å². The summed E-state index contributed by atoms with van der Waals surface area (Å²) in [5.41, 5.74) is 2.88. The van der Waals surface area contributed by atoms with Gasteiger partial charge in [-0.15, -0.1) is 0 Å². The van der Waals surface area contributed by atoms with Gasteiger partial charge in [0.25, 0.3) is 0 Å². The molecule has 2 N–H and O–H groups in total. The SMILES string of the molecule is Cc1cc(C)cc(OCC(O)CN(C)CC(=O)Nc2cccc(Cl)c2)c1. The van der Waals surface area contributed by atoms with E-state index in [1.165, 1.54) is 0 Å². The maximum Gasteiger partial charge on any atom is 0.238 e. The highest BCUT2D eigenvalue weighted by atomic mass is 35.5. The molecular formula is C20H25ClN2O3. The number of aliphatic hydroxyl groups excluding tert-OH is 1. The molecule has 1 atom stereocenters. The lowest BCUT2D eigenvalue weighted by Gasteiger charge is -2.20. The number of nitrogens with zero attached hydrogens (tertiary/aromatic N) is 1. The summed E-state index contributed by atoms with van der Waals surface area (Å²) in [4.78, 5) is 13.8. The normalized spacial score (nSPS) is 12.1. The summed E-state index contributed by atoms with van der Waals surface area (Å²) in [6, 6.07) is 12.9. The van der Waals surface area contributed by atoms with Gasteiger partial charge >= 0.3 is 0 Å². The topological polar surface area (TPSA) is 61.8 Å². The van der Waals surface area contributed by atoms with E-state index < -0.39 is 6.10 Å². The van der Waals surface area contributed by atoms with Gasteiger partial charge in [0.15, 0.2) is 0 Å². The largest absolute Gasteiger partial charge is 0.491 e. The van der Waals surface area contributed by atoms with Gasteiger partial charge in [0, 0.05) is 17.3 Å². The summed E-state index contributed by atoms with van der Waals surface area (Å²) in [5, 5.41) is 13.5. The summed E-state index contributed by atoms with van der Waals surface area (Å²) < 4.78 is 5.65. The summed E-state index contributed by atoms with van der Waals surface area (Å²) in [6.07, 6.45) is -0.695. The third kappa shape index (κ3) is 7.04. The van der Waals surface area contributed by atoms with Crippen molar-refractivity contribution < 1.29 is 14.6 Å². The van der Waals surface area contributed by atoms with Crippen LogP contribution in [0.3, 0.4) is 0 Å². The minimum absolute atomic E-state index is 0.160. The van der Waals surface area contributed by atoms with Crippen LogP contribution in [0.15, 0.2) is 42.5 Å². The van der Waals surface area contributed by atoms with Crippen molar-refractivity contribution in [2.75, 3.05) is 32.1 Å². The molecule has 0 saturated heterocycles. The summed E-state index contributed by atoms with van der Waals surface area (Å²) in [6.45, 7) is 4.66. The minimum Gasteiger partial charge on any atom is -0.491 e. The second-order valence-electron chi connectivity index (χ2n) is 6.54. The standard InChI is InChI=1S/C20H25ClN2O3/c1-14-7-15(2)9-19(8-14)26-13-18(24)11-23(3)12-20(25)22-17-6-4-5-16(21)10-17/h4-10,18,24H,11-13H2,1-3H3,(H,22,25). The molecular weight excluding hydrogens is 352 g/mol. The molecule has 0 aliphatic rings. The van der Waals surface area contributed by atoms with Gasteiger partial charge < -0.3 is 15.2 Å². The van der Waals surface area contributed by atoms with Crippen LogP contribution >= 0.6 is 11.6 Å². The molecule has 2 aromatic carbocycles. The van der Waals surface area contributed by atoms with Gasteiger partial charge in [0.05, 0.1) is 6.54 Å². The van der Waals surface area contributed by atoms with Crippen LogP contribution in [0.1, 0.15) is 11.1 Å². The number of carbonyl (C=O) groups is 1. The molecule has 26 heavy (non-hydrogen) atoms. The van der Waals surface area contributed by atoms with Crippen molar-refractivity contribution in [1.29, 1.82) is 0 Å². The average Bonchev–Trinajstić information content (AvgIpc) is 2.51. The van der Waals surface area contributed by atoms with Crippen LogP contribution in [-0.4, -0.2) is 48.8 Å². The molecule has 0 spiro atoms. The Balaban J connectivity index is 1.75. The predicted molar refractivity (Wildman–Crippen MR) is 105 cm³/mol. The molecule has 0 aromatic heterocycles. The maximum absolute atomic E-state index is 12.1. The molecule has 0 fully saturated rings. The monoisotopic (exact) mass is 376 g/mol. The fraction of sp³-hybridized carbons (Fsp3) is 0.350. The van der Waals surface area contributed by atoms with Crippen molar-refractivity contribution in [3.8, 4) is 5.75 Å². The molecule has 5 nitrogen and oxygen atoms in total. The van der Waals surface area contributed by atoms with Crippen LogP contribution in [0.2, 0.25) is 5.02 Å². The second kappa shape index (κ2) is 9.57. The molecule has 2 aromatic rings. The van der Waals surface area contributed by atoms with E-state index in [2.05, 4.69) is 11.4 Å². The van der Waals surface area contributed by atoms with E-state index in [1.807, 2.05) is 26.0 Å². The fourth-order valence-corrected chi connectivity index (χ4v) is 2.89. The van der Waals surface area contributed by atoms with E-state index >= 15 is 0 Å². The number of rotatable bonds is 8. The van der Waals surface area contributed by atoms with Crippen molar-refractivity contribution >= 4 is 23.2 Å². The molecule has 0 radical (unpaired) electrons. The highest BCUT2D eigenvalue weighted by molar-refractivity contribution is 6.30. The number of carbonyl (C=O) groups excluding carboxylic acids is 1. The Hall–Kier alpha value is -2.08. The number of aliphatic hydroxyl groups is 1. The minimum atomic E-state index is -0.695. The Morgan fingerprint density at radius 2 is 1.92 bits per heavy atom. The molecule has 0 aliphatic heterocycles. The van der Waals surface area contributed by atoms with Crippen molar-refractivity contribution in [3.05, 3.63) is 58.6 Å². The first kappa shape index (κ1) is 20.2. The number of ether oxygens (including phenoxy) is 1. The number of hydrogen-bond donors (Lipinski definition) is 2. The van der Waals surface area contributed by atoms with E-state index in [-0.39, 0.29) is 19.1 Å². The Morgan fingerprint density at radius 3 is 2.58 bits per heavy atom. The van der Waals surface area contributed by atoms with E-state index in [4.69, 9.17) is 16.3 Å². The average molecular weight is 377 g/mol. The second-order valence-corrected chi connectivity index (χ2v) is 6.98. The number of nitrogens with one attached hydrogen (secondary N) is 1. The maximum atomic E-state index is 12.1. The molecule has 140 valence electrons. The third-order valence-electron chi connectivity index (χ3n) is 3.68. The fourth-order valence-electron chi connectivity index (χ4n) is 2.70. The smallest absolute Gasteiger partial charge is 0.238 e. The molecule has 0 saturated carbocycles. The van der Waals surface area contributed by atoms with Gasteiger partial charge in [-0.3, -0.25) is 9.69 Å². The molecule has 6 heteroatoms. The van der Waals surface area contributed by atoms with Gasteiger partial charge in [0.2, 0.25) is 5.91 Å². The molecule has 1 amide bonds. The predicted octanol–water partition coefficient (Wildman–Crippen LogP) is 3.27. The molecule has 0 aliphatic carbocycles. The van der Waals surface area contributed by atoms with E-state index in [1.54, 1.807) is 36.2 Å². The first-order valence-electron chi connectivity index (χ1n) is 8.45. The number of hydrogen-bond acceptors (Lipinski definition) is 4. The number of likely N-dealkylation sites (N-methyl/N-ethyl adjacent to an activating group) is 1. The zero-order chi connectivity index (χ0) is 19.1. The molecule has 1 unspecified atom stereocenters. The van der Waals surface area contributed by atoms with Crippen LogP contribution in [-0.2, 0) is 4.79 Å². The highest BCUT2D eigenvalue weighted by Crippen LogP contribution is 2.17. The van der Waals surface area contributed by atoms with Gasteiger partial charge in [-0.1, -0.05) is 23.7 Å². The van der Waals surface area contributed by atoms with Gasteiger partial charge in [0.1, 0.15) is 18.5 Å². The Kier molecular flexibility index (Phi) is 7.45. The lowest BCUT2D eigenvalue weighted by Crippen LogP contribution is -2.37. The zero-order valence-corrected chi connectivity index (χ0v) is 16.1. The lowest BCUT2D eigenvalue weighted by molar-refractivity contribution is -0.117. The van der Waals surface area contributed by atoms with Crippen molar-refractivity contribution in [3.63, 3.8) is 0 Å². The van der Waals surface area contributed by atoms with Crippen molar-refractivity contribution in [1.82, 2.24) is 4.90 Å². The Labute approximate surface area is 159 Å². The number of benzene rings is 2. The van der Waals surface area contributed by atoms with E-state index in [9.17, 15) is 9.90 Å². The van der Waals surface area contributed by atoms with Gasteiger partial charge in [-0.25, -0.2) is 0 Å². The van der Waals surface area contributed by atoms with Crippen LogP contribution < -0.4 is 10.1 Å². The highest BCUT2D eigenvalue weighted by Gasteiger charge is 2.13. The summed E-state index contributed by atoms with van der Waals surface area (Å²) >= 11 is 5.90. The number of amides is 1. The lowest BCUT2D eigenvalue weighted by atomic mass is 10.1. The van der Waals surface area contributed by atoms with Crippen molar-refractivity contribution in [2.45, 2.75) is 20.0 Å². The summed E-state index contributed by atoms with van der Waals surface area (Å²) in [5.74, 6) is 0.570. The van der Waals surface area contributed by atoms with Crippen LogP contribution in [0, 0.1) is 13.8 Å². The first-order chi connectivity index (χ1) is 12.3. The molecule has 0 heterocycles. The molecule has 0 bridgehead atoms. The zero-order valence-electron chi connectivity index (χ0n) is 15.3. The number of anilines is 1. The first-order valence-corrected chi connectivity index (χ1v) is 8.83. The Bertz CT molecular complexity index is 731. The van der Waals surface area contributed by atoms with Crippen LogP contribution in [0.25, 0.3) is 0 Å². The van der Waals surface area contributed by atoms with E-state index in [0.717, 1.165) is 16.9 Å². The van der Waals surface area contributed by atoms with Crippen LogP contribution in [0.5, 0.6) is 5.75 Å². The quantitative estimate of drug-likeness (QED) is 0.742. The third-order valence-corrected chi connectivity index (χ3v) is 3.92. The van der Waals surface area contributed by atoms with Gasteiger partial charge in [-0.05, 0) is 62.4 Å². The Morgan fingerprint density at radius 1 is 1.23 bits per heavy atom. The number of halogens is 1. The summed E-state index contributed by atoms with van der Waals surface area (Å²) in [7, 11) is 1.78. The van der Waals surface area contributed by atoms with Crippen LogP contribution in [0.4, 0.5) is 5.69 Å². The van der Waals surface area contributed by atoms with Crippen molar-refractivity contribution in [2.24, 2.45) is 0 Å². The molecule has 2 rings (SSSR count). The van der Waals surface area contributed by atoms with Gasteiger partial charge in [-0.2, -0.15) is 0 Å². The number of aryl methyl sites for hydroxylation is 2.